The van der Waals surface area contributed by atoms with E-state index in [-0.39, 0.29) is 35.5 Å². The van der Waals surface area contributed by atoms with Gasteiger partial charge in [0.15, 0.2) is 0 Å². The van der Waals surface area contributed by atoms with Crippen LogP contribution < -0.4 is 5.73 Å². The maximum atomic E-state index is 12.5. The molecule has 1 aromatic carbocycles. The van der Waals surface area contributed by atoms with E-state index in [1.807, 2.05) is 0 Å². The largest absolute Gasteiger partial charge is 0.506 e. The highest BCUT2D eigenvalue weighted by Gasteiger charge is 2.26. The van der Waals surface area contributed by atoms with Crippen molar-refractivity contribution < 1.29 is 18.6 Å². The minimum atomic E-state index is -3.68. The molecular formula is C12H20N2O4S. The Morgan fingerprint density at radius 1 is 1.37 bits per heavy atom. The lowest BCUT2D eigenvalue weighted by Gasteiger charge is -2.25. The predicted octanol–water partition coefficient (Wildman–Crippen LogP) is 0.756. The summed E-state index contributed by atoms with van der Waals surface area (Å²) in [5.74, 6) is -0.148. The molecular weight excluding hydrogens is 268 g/mol. The van der Waals surface area contributed by atoms with Crippen LogP contribution in [0.1, 0.15) is 20.3 Å². The summed E-state index contributed by atoms with van der Waals surface area (Å²) in [6.45, 7) is 3.69. The van der Waals surface area contributed by atoms with E-state index in [9.17, 15) is 13.5 Å². The number of aromatic hydroxyl groups is 1. The van der Waals surface area contributed by atoms with E-state index in [0.717, 1.165) is 0 Å². The van der Waals surface area contributed by atoms with E-state index in [0.29, 0.717) is 6.42 Å². The molecule has 0 unspecified atom stereocenters. The highest BCUT2D eigenvalue weighted by Crippen LogP contribution is 2.26. The van der Waals surface area contributed by atoms with Gasteiger partial charge in [-0.25, -0.2) is 8.42 Å². The van der Waals surface area contributed by atoms with E-state index in [1.54, 1.807) is 13.8 Å². The number of phenolic OH excluding ortho intramolecular Hbond substituents is 1. The Balaban J connectivity index is 3.15. The fraction of sp³-hybridized carbons (Fsp3) is 0.500. The second-order valence-corrected chi connectivity index (χ2v) is 6.40. The molecule has 108 valence electrons. The zero-order chi connectivity index (χ0) is 14.6. The van der Waals surface area contributed by atoms with E-state index in [1.165, 1.54) is 22.5 Å². The molecule has 0 saturated heterocycles. The van der Waals surface area contributed by atoms with Gasteiger partial charge in [-0.05, 0) is 38.5 Å². The number of benzene rings is 1. The minimum Gasteiger partial charge on any atom is -0.506 e. The van der Waals surface area contributed by atoms with Crippen molar-refractivity contribution in [3.8, 4) is 5.75 Å². The number of aliphatic hydroxyl groups is 1. The molecule has 7 heteroatoms. The molecule has 0 fully saturated rings. The van der Waals surface area contributed by atoms with Gasteiger partial charge in [0.05, 0.1) is 10.6 Å². The van der Waals surface area contributed by atoms with Gasteiger partial charge in [0.1, 0.15) is 5.75 Å². The SMILES string of the molecule is CC(C)N(CCCO)S(=O)(=O)c1ccc(O)c(N)c1. The van der Waals surface area contributed by atoms with Crippen LogP contribution in [0.2, 0.25) is 0 Å². The second kappa shape index (κ2) is 6.23. The Labute approximate surface area is 113 Å². The average molecular weight is 288 g/mol. The van der Waals surface area contributed by atoms with Gasteiger partial charge in [-0.1, -0.05) is 0 Å². The summed E-state index contributed by atoms with van der Waals surface area (Å²) in [4.78, 5) is 0.0365. The van der Waals surface area contributed by atoms with Gasteiger partial charge in [0.25, 0.3) is 0 Å². The molecule has 0 aromatic heterocycles. The zero-order valence-electron chi connectivity index (χ0n) is 11.1. The molecule has 0 radical (unpaired) electrons. The maximum absolute atomic E-state index is 12.5. The van der Waals surface area contributed by atoms with Crippen molar-refractivity contribution in [1.29, 1.82) is 0 Å². The number of nitrogen functional groups attached to an aromatic ring is 1. The second-order valence-electron chi connectivity index (χ2n) is 4.51. The molecule has 0 amide bonds. The third-order valence-electron chi connectivity index (χ3n) is 2.72. The maximum Gasteiger partial charge on any atom is 0.243 e. The number of nitrogens with two attached hydrogens (primary N) is 1. The van der Waals surface area contributed by atoms with Crippen molar-refractivity contribution in [2.45, 2.75) is 31.2 Å². The van der Waals surface area contributed by atoms with Crippen LogP contribution in [0.5, 0.6) is 5.75 Å². The summed E-state index contributed by atoms with van der Waals surface area (Å²) in [5, 5.41) is 18.2. The third-order valence-corrected chi connectivity index (χ3v) is 4.79. The van der Waals surface area contributed by atoms with Gasteiger partial charge in [-0.3, -0.25) is 0 Å². The fourth-order valence-corrected chi connectivity index (χ4v) is 3.42. The Hall–Kier alpha value is -1.31. The van der Waals surface area contributed by atoms with Gasteiger partial charge in [0.2, 0.25) is 10.0 Å². The van der Waals surface area contributed by atoms with Gasteiger partial charge in [-0.15, -0.1) is 0 Å². The van der Waals surface area contributed by atoms with E-state index in [2.05, 4.69) is 0 Å². The predicted molar refractivity (Wildman–Crippen MR) is 73.2 cm³/mol. The van der Waals surface area contributed by atoms with Crippen LogP contribution in [-0.2, 0) is 10.0 Å². The van der Waals surface area contributed by atoms with Crippen LogP contribution in [0.3, 0.4) is 0 Å². The molecule has 0 aliphatic heterocycles. The monoisotopic (exact) mass is 288 g/mol. The van der Waals surface area contributed by atoms with Gasteiger partial charge in [0, 0.05) is 19.2 Å². The molecule has 19 heavy (non-hydrogen) atoms. The number of phenols is 1. The van der Waals surface area contributed by atoms with E-state index >= 15 is 0 Å². The number of sulfonamides is 1. The first-order valence-corrected chi connectivity index (χ1v) is 7.46. The number of hydrogen-bond donors (Lipinski definition) is 3. The quantitative estimate of drug-likeness (QED) is 0.529. The smallest absolute Gasteiger partial charge is 0.243 e. The highest BCUT2D eigenvalue weighted by molar-refractivity contribution is 7.89. The third kappa shape index (κ3) is 3.59. The summed E-state index contributed by atoms with van der Waals surface area (Å²) < 4.78 is 26.2. The van der Waals surface area contributed by atoms with Crippen molar-refractivity contribution in [2.75, 3.05) is 18.9 Å². The summed E-state index contributed by atoms with van der Waals surface area (Å²) in [7, 11) is -3.68. The van der Waals surface area contributed by atoms with Crippen LogP contribution in [0, 0.1) is 0 Å². The number of aliphatic hydroxyl groups excluding tert-OH is 1. The summed E-state index contributed by atoms with van der Waals surface area (Å²) in [6.07, 6.45) is 0.366. The lowest BCUT2D eigenvalue weighted by Crippen LogP contribution is -2.38. The molecule has 1 rings (SSSR count). The number of rotatable bonds is 6. The normalized spacial score (nSPS) is 12.3. The number of nitrogens with zero attached hydrogens (tertiary/aromatic N) is 1. The molecule has 0 aliphatic carbocycles. The topological polar surface area (TPSA) is 104 Å². The van der Waals surface area contributed by atoms with Gasteiger partial charge >= 0.3 is 0 Å². The Morgan fingerprint density at radius 2 is 2.00 bits per heavy atom. The first kappa shape index (κ1) is 15.7. The van der Waals surface area contributed by atoms with Crippen molar-refractivity contribution in [1.82, 2.24) is 4.31 Å². The van der Waals surface area contributed by atoms with Crippen molar-refractivity contribution >= 4 is 15.7 Å². The van der Waals surface area contributed by atoms with E-state index in [4.69, 9.17) is 10.8 Å². The molecule has 1 aromatic rings. The fourth-order valence-electron chi connectivity index (χ4n) is 1.71. The molecule has 4 N–H and O–H groups in total. The van der Waals surface area contributed by atoms with Crippen LogP contribution in [-0.4, -0.2) is 42.1 Å². The number of hydrogen-bond acceptors (Lipinski definition) is 5. The molecule has 0 atom stereocenters. The highest BCUT2D eigenvalue weighted by atomic mass is 32.2. The Morgan fingerprint density at radius 3 is 2.47 bits per heavy atom. The minimum absolute atomic E-state index is 0.0203. The van der Waals surface area contributed by atoms with Gasteiger partial charge in [-0.2, -0.15) is 4.31 Å². The molecule has 0 aliphatic rings. The molecule has 0 heterocycles. The molecule has 0 saturated carbocycles. The summed E-state index contributed by atoms with van der Waals surface area (Å²) in [5.41, 5.74) is 5.54. The van der Waals surface area contributed by atoms with E-state index < -0.39 is 10.0 Å². The zero-order valence-corrected chi connectivity index (χ0v) is 11.9. The number of anilines is 1. The van der Waals surface area contributed by atoms with Crippen LogP contribution in [0.25, 0.3) is 0 Å². The standard InChI is InChI=1S/C12H20N2O4S/c1-9(2)14(6-3-7-15)19(17,18)10-4-5-12(16)11(13)8-10/h4-5,8-9,15-16H,3,6-7,13H2,1-2H3. The first-order valence-electron chi connectivity index (χ1n) is 6.02. The van der Waals surface area contributed by atoms with Crippen molar-refractivity contribution in [3.63, 3.8) is 0 Å². The summed E-state index contributed by atoms with van der Waals surface area (Å²) >= 11 is 0. The molecule has 0 spiro atoms. The lowest BCUT2D eigenvalue weighted by molar-refractivity contribution is 0.258. The lowest BCUT2D eigenvalue weighted by atomic mass is 10.3. The van der Waals surface area contributed by atoms with Gasteiger partial charge < -0.3 is 15.9 Å². The van der Waals surface area contributed by atoms with Crippen LogP contribution in [0.4, 0.5) is 5.69 Å². The van der Waals surface area contributed by atoms with Crippen molar-refractivity contribution in [3.05, 3.63) is 18.2 Å². The average Bonchev–Trinajstić information content (AvgIpc) is 2.32. The Kier molecular flexibility index (Phi) is 5.16. The van der Waals surface area contributed by atoms with Crippen molar-refractivity contribution in [2.24, 2.45) is 0 Å². The Bertz CT molecular complexity index is 529. The molecule has 6 nitrogen and oxygen atoms in total. The summed E-state index contributed by atoms with van der Waals surface area (Å²) in [6, 6.07) is 3.58. The first-order chi connectivity index (χ1) is 8.80. The van der Waals surface area contributed by atoms with Crippen LogP contribution >= 0.6 is 0 Å². The van der Waals surface area contributed by atoms with Crippen LogP contribution in [0.15, 0.2) is 23.1 Å². The molecule has 0 bridgehead atoms.